The maximum Gasteiger partial charge on any atom is 0.0107 e. The van der Waals surface area contributed by atoms with Crippen molar-refractivity contribution >= 4 is 0 Å². The van der Waals surface area contributed by atoms with Gasteiger partial charge in [-0.1, -0.05) is 40.5 Å². The van der Waals surface area contributed by atoms with Gasteiger partial charge in [0.15, 0.2) is 0 Å². The zero-order chi connectivity index (χ0) is 12.2. The van der Waals surface area contributed by atoms with Crippen LogP contribution in [-0.4, -0.2) is 37.1 Å². The lowest BCUT2D eigenvalue weighted by Gasteiger charge is -2.22. The van der Waals surface area contributed by atoms with E-state index in [9.17, 15) is 0 Å². The van der Waals surface area contributed by atoms with E-state index in [4.69, 9.17) is 0 Å². The molecule has 0 aliphatic heterocycles. The van der Waals surface area contributed by atoms with Crippen LogP contribution in [0.5, 0.6) is 0 Å². The Morgan fingerprint density at radius 1 is 1.00 bits per heavy atom. The molecule has 1 N–H and O–H groups in total. The maximum atomic E-state index is 3.69. The van der Waals surface area contributed by atoms with Crippen molar-refractivity contribution in [3.63, 3.8) is 0 Å². The second kappa shape index (κ2) is 11.4. The highest BCUT2D eigenvalue weighted by Crippen LogP contribution is 2.03. The standard InChI is InChI=1S/C14H32N2/c1-5-9-10-14(7-3)15-11-13-16(8-4)12-6-2/h14-15H,5-13H2,1-4H3. The van der Waals surface area contributed by atoms with Gasteiger partial charge in [-0.25, -0.2) is 0 Å². The summed E-state index contributed by atoms with van der Waals surface area (Å²) in [4.78, 5) is 2.53. The van der Waals surface area contributed by atoms with Crippen LogP contribution in [-0.2, 0) is 0 Å². The molecule has 16 heavy (non-hydrogen) atoms. The van der Waals surface area contributed by atoms with Crippen LogP contribution in [0.3, 0.4) is 0 Å². The number of unbranched alkanes of at least 4 members (excludes halogenated alkanes) is 1. The van der Waals surface area contributed by atoms with Crippen LogP contribution in [0.25, 0.3) is 0 Å². The van der Waals surface area contributed by atoms with Crippen molar-refractivity contribution in [2.24, 2.45) is 0 Å². The summed E-state index contributed by atoms with van der Waals surface area (Å²) in [5, 5.41) is 3.69. The van der Waals surface area contributed by atoms with Gasteiger partial charge in [0.1, 0.15) is 0 Å². The smallest absolute Gasteiger partial charge is 0.0107 e. The molecule has 0 aliphatic carbocycles. The van der Waals surface area contributed by atoms with Crippen LogP contribution < -0.4 is 5.32 Å². The largest absolute Gasteiger partial charge is 0.313 e. The molecule has 0 spiro atoms. The minimum Gasteiger partial charge on any atom is -0.313 e. The average Bonchev–Trinajstić information content (AvgIpc) is 2.32. The third kappa shape index (κ3) is 8.12. The first-order valence-corrected chi connectivity index (χ1v) is 7.24. The van der Waals surface area contributed by atoms with Gasteiger partial charge in [-0.3, -0.25) is 0 Å². The summed E-state index contributed by atoms with van der Waals surface area (Å²) < 4.78 is 0. The molecule has 98 valence electrons. The van der Waals surface area contributed by atoms with Crippen molar-refractivity contribution in [2.75, 3.05) is 26.2 Å². The molecule has 0 fully saturated rings. The molecule has 2 nitrogen and oxygen atoms in total. The molecule has 1 atom stereocenters. The van der Waals surface area contributed by atoms with Crippen LogP contribution >= 0.6 is 0 Å². The molecule has 0 saturated heterocycles. The zero-order valence-electron chi connectivity index (χ0n) is 11.9. The van der Waals surface area contributed by atoms with E-state index in [2.05, 4.69) is 37.9 Å². The summed E-state index contributed by atoms with van der Waals surface area (Å²) >= 11 is 0. The van der Waals surface area contributed by atoms with Crippen LogP contribution in [0.2, 0.25) is 0 Å². The van der Waals surface area contributed by atoms with E-state index >= 15 is 0 Å². The van der Waals surface area contributed by atoms with E-state index in [-0.39, 0.29) is 0 Å². The summed E-state index contributed by atoms with van der Waals surface area (Å²) in [7, 11) is 0. The Bertz CT molecular complexity index is 137. The Kier molecular flexibility index (Phi) is 11.3. The van der Waals surface area contributed by atoms with Gasteiger partial charge in [0.2, 0.25) is 0 Å². The molecule has 1 unspecified atom stereocenters. The van der Waals surface area contributed by atoms with Crippen molar-refractivity contribution in [1.29, 1.82) is 0 Å². The van der Waals surface area contributed by atoms with E-state index in [1.54, 1.807) is 0 Å². The lowest BCUT2D eigenvalue weighted by Crippen LogP contribution is -2.37. The monoisotopic (exact) mass is 228 g/mol. The van der Waals surface area contributed by atoms with Gasteiger partial charge in [-0.05, 0) is 32.4 Å². The summed E-state index contributed by atoms with van der Waals surface area (Å²) in [6.07, 6.45) is 6.54. The minimum atomic E-state index is 0.736. The highest BCUT2D eigenvalue weighted by molar-refractivity contribution is 4.66. The van der Waals surface area contributed by atoms with Crippen LogP contribution in [0, 0.1) is 0 Å². The van der Waals surface area contributed by atoms with Gasteiger partial charge >= 0.3 is 0 Å². The number of nitrogens with one attached hydrogen (secondary N) is 1. The number of nitrogens with zero attached hydrogens (tertiary/aromatic N) is 1. The van der Waals surface area contributed by atoms with Crippen molar-refractivity contribution in [3.8, 4) is 0 Å². The van der Waals surface area contributed by atoms with E-state index < -0.39 is 0 Å². The third-order valence-corrected chi connectivity index (χ3v) is 3.25. The van der Waals surface area contributed by atoms with Crippen LogP contribution in [0.15, 0.2) is 0 Å². The highest BCUT2D eigenvalue weighted by atomic mass is 15.1. The number of hydrogen-bond donors (Lipinski definition) is 1. The third-order valence-electron chi connectivity index (χ3n) is 3.25. The Morgan fingerprint density at radius 2 is 1.75 bits per heavy atom. The molecule has 0 radical (unpaired) electrons. The number of likely N-dealkylation sites (N-methyl/N-ethyl adjacent to an activating group) is 1. The molecule has 0 heterocycles. The Labute approximate surface area is 103 Å². The fourth-order valence-corrected chi connectivity index (χ4v) is 2.07. The molecule has 0 aromatic rings. The van der Waals surface area contributed by atoms with Gasteiger partial charge in [-0.15, -0.1) is 0 Å². The molecule has 0 saturated carbocycles. The molecule has 0 bridgehead atoms. The normalized spacial score (nSPS) is 13.3. The zero-order valence-corrected chi connectivity index (χ0v) is 11.9. The summed E-state index contributed by atoms with van der Waals surface area (Å²) in [5.41, 5.74) is 0. The van der Waals surface area contributed by atoms with Crippen LogP contribution in [0.4, 0.5) is 0 Å². The molecular formula is C14H32N2. The van der Waals surface area contributed by atoms with E-state index in [0.717, 1.165) is 12.6 Å². The lowest BCUT2D eigenvalue weighted by atomic mass is 10.1. The second-order valence-corrected chi connectivity index (χ2v) is 4.64. The molecule has 2 heteroatoms. The van der Waals surface area contributed by atoms with Gasteiger partial charge in [0, 0.05) is 19.1 Å². The predicted molar refractivity (Wildman–Crippen MR) is 74.0 cm³/mol. The molecule has 0 aromatic heterocycles. The quantitative estimate of drug-likeness (QED) is 0.584. The molecule has 0 amide bonds. The SMILES string of the molecule is CCCCC(CC)NCCN(CC)CCC. The van der Waals surface area contributed by atoms with Crippen molar-refractivity contribution < 1.29 is 0 Å². The Morgan fingerprint density at radius 3 is 2.25 bits per heavy atom. The first-order chi connectivity index (χ1) is 7.78. The Hall–Kier alpha value is -0.0800. The highest BCUT2D eigenvalue weighted by Gasteiger charge is 2.05. The summed E-state index contributed by atoms with van der Waals surface area (Å²) in [6, 6.07) is 0.736. The lowest BCUT2D eigenvalue weighted by molar-refractivity contribution is 0.279. The van der Waals surface area contributed by atoms with E-state index in [1.165, 1.54) is 51.7 Å². The molecule has 0 aliphatic rings. The fraction of sp³-hybridized carbons (Fsp3) is 1.00. The van der Waals surface area contributed by atoms with Gasteiger partial charge in [0.25, 0.3) is 0 Å². The molecule has 0 aromatic carbocycles. The topological polar surface area (TPSA) is 15.3 Å². The minimum absolute atomic E-state index is 0.736. The van der Waals surface area contributed by atoms with Gasteiger partial charge < -0.3 is 10.2 Å². The average molecular weight is 228 g/mol. The first-order valence-electron chi connectivity index (χ1n) is 7.24. The summed E-state index contributed by atoms with van der Waals surface area (Å²) in [5.74, 6) is 0. The maximum absolute atomic E-state index is 3.69. The second-order valence-electron chi connectivity index (χ2n) is 4.64. The van der Waals surface area contributed by atoms with Gasteiger partial charge in [-0.2, -0.15) is 0 Å². The molecular weight excluding hydrogens is 196 g/mol. The fourth-order valence-electron chi connectivity index (χ4n) is 2.07. The first kappa shape index (κ1) is 15.9. The van der Waals surface area contributed by atoms with Crippen molar-refractivity contribution in [1.82, 2.24) is 10.2 Å². The Balaban J connectivity index is 3.58. The summed E-state index contributed by atoms with van der Waals surface area (Å²) in [6.45, 7) is 13.8. The van der Waals surface area contributed by atoms with Crippen molar-refractivity contribution in [3.05, 3.63) is 0 Å². The van der Waals surface area contributed by atoms with E-state index in [0.29, 0.717) is 0 Å². The predicted octanol–water partition coefficient (Wildman–Crippen LogP) is 3.28. The van der Waals surface area contributed by atoms with Crippen molar-refractivity contribution in [2.45, 2.75) is 65.8 Å². The van der Waals surface area contributed by atoms with Crippen LogP contribution in [0.1, 0.15) is 59.8 Å². The number of hydrogen-bond acceptors (Lipinski definition) is 2. The van der Waals surface area contributed by atoms with E-state index in [1.807, 2.05) is 0 Å². The molecule has 0 rings (SSSR count). The van der Waals surface area contributed by atoms with Gasteiger partial charge in [0.05, 0.1) is 0 Å². The number of rotatable bonds is 11.